The van der Waals surface area contributed by atoms with Crippen LogP contribution >= 0.6 is 0 Å². The van der Waals surface area contributed by atoms with Crippen molar-refractivity contribution >= 4 is 0 Å². The van der Waals surface area contributed by atoms with E-state index in [1.807, 2.05) is 27.8 Å². The summed E-state index contributed by atoms with van der Waals surface area (Å²) in [6, 6.07) is 2.65. The van der Waals surface area contributed by atoms with E-state index in [2.05, 4.69) is 23.2 Å². The van der Waals surface area contributed by atoms with Crippen LogP contribution in [0, 0.1) is 11.3 Å². The molecule has 0 bridgehead atoms. The average Bonchev–Trinajstić information content (AvgIpc) is 2.45. The SMILES string of the molecule is CCOCCN(CCOCC)C(C)CC(C)(C#N)NC. The Labute approximate surface area is 124 Å². The molecule has 0 aromatic rings. The molecule has 0 aromatic carbocycles. The first kappa shape index (κ1) is 19.3. The molecular weight excluding hydrogens is 254 g/mol. The van der Waals surface area contributed by atoms with Gasteiger partial charge in [-0.1, -0.05) is 0 Å². The van der Waals surface area contributed by atoms with Crippen LogP contribution in [-0.2, 0) is 9.47 Å². The Hall–Kier alpha value is -0.670. The zero-order valence-electron chi connectivity index (χ0n) is 13.7. The Bertz CT molecular complexity index is 271. The van der Waals surface area contributed by atoms with Gasteiger partial charge in [0.2, 0.25) is 0 Å². The molecule has 2 atom stereocenters. The minimum absolute atomic E-state index is 0.299. The maximum Gasteiger partial charge on any atom is 0.105 e. The highest BCUT2D eigenvalue weighted by molar-refractivity contribution is 5.04. The van der Waals surface area contributed by atoms with Crippen molar-refractivity contribution in [1.82, 2.24) is 10.2 Å². The van der Waals surface area contributed by atoms with Crippen molar-refractivity contribution in [3.05, 3.63) is 0 Å². The Morgan fingerprint density at radius 3 is 2.05 bits per heavy atom. The van der Waals surface area contributed by atoms with Crippen molar-refractivity contribution < 1.29 is 9.47 Å². The highest BCUT2D eigenvalue weighted by atomic mass is 16.5. The van der Waals surface area contributed by atoms with Crippen molar-refractivity contribution in [1.29, 1.82) is 5.26 Å². The van der Waals surface area contributed by atoms with Crippen molar-refractivity contribution in [3.8, 4) is 6.07 Å². The number of nitrogens with one attached hydrogen (secondary N) is 1. The lowest BCUT2D eigenvalue weighted by atomic mass is 9.94. The minimum atomic E-state index is -0.491. The minimum Gasteiger partial charge on any atom is -0.380 e. The maximum atomic E-state index is 9.26. The van der Waals surface area contributed by atoms with E-state index in [0.717, 1.165) is 45.9 Å². The third-order valence-corrected chi connectivity index (χ3v) is 3.58. The topological polar surface area (TPSA) is 57.5 Å². The quantitative estimate of drug-likeness (QED) is 0.552. The lowest BCUT2D eigenvalue weighted by Crippen LogP contribution is -2.47. The van der Waals surface area contributed by atoms with E-state index >= 15 is 0 Å². The van der Waals surface area contributed by atoms with E-state index < -0.39 is 5.54 Å². The first-order valence-electron chi connectivity index (χ1n) is 7.52. The van der Waals surface area contributed by atoms with Gasteiger partial charge < -0.3 is 14.8 Å². The van der Waals surface area contributed by atoms with Crippen molar-refractivity contribution in [2.45, 2.75) is 45.7 Å². The van der Waals surface area contributed by atoms with Gasteiger partial charge in [-0.25, -0.2) is 0 Å². The van der Waals surface area contributed by atoms with Crippen LogP contribution in [0.2, 0.25) is 0 Å². The third-order valence-electron chi connectivity index (χ3n) is 3.58. The smallest absolute Gasteiger partial charge is 0.105 e. The van der Waals surface area contributed by atoms with Gasteiger partial charge in [0.25, 0.3) is 0 Å². The van der Waals surface area contributed by atoms with E-state index in [4.69, 9.17) is 9.47 Å². The second kappa shape index (κ2) is 11.0. The van der Waals surface area contributed by atoms with Crippen LogP contribution in [0.1, 0.15) is 34.1 Å². The third kappa shape index (κ3) is 7.81. The van der Waals surface area contributed by atoms with Crippen LogP contribution in [0.3, 0.4) is 0 Å². The Morgan fingerprint density at radius 2 is 1.70 bits per heavy atom. The molecule has 0 aromatic heterocycles. The second-order valence-electron chi connectivity index (χ2n) is 5.18. The predicted octanol–water partition coefficient (Wildman–Crippen LogP) is 1.64. The number of ether oxygens (including phenoxy) is 2. The van der Waals surface area contributed by atoms with Gasteiger partial charge in [-0.05, 0) is 41.2 Å². The molecule has 0 rings (SSSR count). The van der Waals surface area contributed by atoms with Crippen LogP contribution in [0.4, 0.5) is 0 Å². The summed E-state index contributed by atoms with van der Waals surface area (Å²) >= 11 is 0. The van der Waals surface area contributed by atoms with Gasteiger partial charge in [-0.2, -0.15) is 5.26 Å². The summed E-state index contributed by atoms with van der Waals surface area (Å²) in [5.41, 5.74) is -0.491. The summed E-state index contributed by atoms with van der Waals surface area (Å²) < 4.78 is 10.9. The summed E-state index contributed by atoms with van der Waals surface area (Å²) in [6.45, 7) is 12.7. The van der Waals surface area contributed by atoms with E-state index in [9.17, 15) is 5.26 Å². The number of rotatable bonds is 12. The first-order valence-corrected chi connectivity index (χ1v) is 7.52. The van der Waals surface area contributed by atoms with Crippen molar-refractivity contribution in [2.75, 3.05) is 46.6 Å². The summed E-state index contributed by atoms with van der Waals surface area (Å²) in [4.78, 5) is 2.33. The molecular formula is C15H31N3O2. The van der Waals surface area contributed by atoms with Gasteiger partial charge in [0.05, 0.1) is 19.3 Å². The van der Waals surface area contributed by atoms with Crippen LogP contribution in [0.15, 0.2) is 0 Å². The fourth-order valence-corrected chi connectivity index (χ4v) is 2.13. The van der Waals surface area contributed by atoms with E-state index in [0.29, 0.717) is 6.04 Å². The highest BCUT2D eigenvalue weighted by Crippen LogP contribution is 2.15. The van der Waals surface area contributed by atoms with Crippen LogP contribution < -0.4 is 5.32 Å². The summed E-state index contributed by atoms with van der Waals surface area (Å²) in [7, 11) is 1.83. The molecule has 5 heteroatoms. The monoisotopic (exact) mass is 285 g/mol. The summed E-state index contributed by atoms with van der Waals surface area (Å²) in [5, 5.41) is 12.4. The Balaban J connectivity index is 4.44. The van der Waals surface area contributed by atoms with Gasteiger partial charge in [0.1, 0.15) is 5.54 Å². The molecule has 0 heterocycles. The average molecular weight is 285 g/mol. The number of nitrogens with zero attached hydrogens (tertiary/aromatic N) is 2. The Kier molecular flexibility index (Phi) is 10.7. The van der Waals surface area contributed by atoms with Crippen LogP contribution in [-0.4, -0.2) is 63.0 Å². The molecule has 0 saturated carbocycles. The van der Waals surface area contributed by atoms with E-state index in [-0.39, 0.29) is 0 Å². The largest absolute Gasteiger partial charge is 0.380 e. The number of nitriles is 1. The van der Waals surface area contributed by atoms with Crippen molar-refractivity contribution in [2.24, 2.45) is 0 Å². The normalized spacial score (nSPS) is 15.8. The molecule has 1 N–H and O–H groups in total. The summed E-state index contributed by atoms with van der Waals surface area (Å²) in [5.74, 6) is 0. The molecule has 2 unspecified atom stereocenters. The predicted molar refractivity (Wildman–Crippen MR) is 81.7 cm³/mol. The molecule has 0 aliphatic heterocycles. The first-order chi connectivity index (χ1) is 9.52. The molecule has 0 amide bonds. The molecule has 5 nitrogen and oxygen atoms in total. The molecule has 20 heavy (non-hydrogen) atoms. The van der Waals surface area contributed by atoms with Gasteiger partial charge in [0, 0.05) is 32.3 Å². The highest BCUT2D eigenvalue weighted by Gasteiger charge is 2.27. The zero-order chi connectivity index (χ0) is 15.4. The lowest BCUT2D eigenvalue weighted by Gasteiger charge is -2.33. The molecule has 0 fully saturated rings. The molecule has 0 aliphatic carbocycles. The lowest BCUT2D eigenvalue weighted by molar-refractivity contribution is 0.0604. The van der Waals surface area contributed by atoms with Gasteiger partial charge >= 0.3 is 0 Å². The van der Waals surface area contributed by atoms with E-state index in [1.54, 1.807) is 0 Å². The van der Waals surface area contributed by atoms with Gasteiger partial charge in [0.15, 0.2) is 0 Å². The number of hydrogen-bond acceptors (Lipinski definition) is 5. The maximum absolute atomic E-state index is 9.26. The molecule has 118 valence electrons. The molecule has 0 aliphatic rings. The molecule has 0 spiro atoms. The van der Waals surface area contributed by atoms with Crippen LogP contribution in [0.25, 0.3) is 0 Å². The molecule has 0 saturated heterocycles. The van der Waals surface area contributed by atoms with Gasteiger partial charge in [-0.3, -0.25) is 4.90 Å². The fourth-order valence-electron chi connectivity index (χ4n) is 2.13. The second-order valence-corrected chi connectivity index (χ2v) is 5.18. The van der Waals surface area contributed by atoms with E-state index in [1.165, 1.54) is 0 Å². The number of hydrogen-bond donors (Lipinski definition) is 1. The molecule has 0 radical (unpaired) electrons. The van der Waals surface area contributed by atoms with Gasteiger partial charge in [-0.15, -0.1) is 0 Å². The summed E-state index contributed by atoms with van der Waals surface area (Å²) in [6.07, 6.45) is 0.776. The standard InChI is InChI=1S/C15H31N3O2/c1-6-19-10-8-18(9-11-20-7-2)14(3)12-15(4,13-16)17-5/h14,17H,6-12H2,1-5H3. The Morgan fingerprint density at radius 1 is 1.20 bits per heavy atom. The van der Waals surface area contributed by atoms with Crippen LogP contribution in [0.5, 0.6) is 0 Å². The zero-order valence-corrected chi connectivity index (χ0v) is 13.7. The fraction of sp³-hybridized carbons (Fsp3) is 0.933. The van der Waals surface area contributed by atoms with Crippen molar-refractivity contribution in [3.63, 3.8) is 0 Å².